The predicted octanol–water partition coefficient (Wildman–Crippen LogP) is -1.33. The third-order valence-corrected chi connectivity index (χ3v) is 4.23. The van der Waals surface area contributed by atoms with Gasteiger partial charge in [-0.05, 0) is 18.2 Å². The summed E-state index contributed by atoms with van der Waals surface area (Å²) >= 11 is 0. The Morgan fingerprint density at radius 2 is 2.05 bits per heavy atom. The summed E-state index contributed by atoms with van der Waals surface area (Å²) in [4.78, 5) is 27.2. The molecule has 21 heavy (non-hydrogen) atoms. The van der Waals surface area contributed by atoms with E-state index in [0.29, 0.717) is 11.0 Å². The number of carbonyl (C=O) groups excluding carboxylic acids is 1. The summed E-state index contributed by atoms with van der Waals surface area (Å²) in [6.45, 7) is -0.741. The van der Waals surface area contributed by atoms with Crippen LogP contribution < -0.4 is 10.4 Å². The number of fused-ring (bicyclic) bond motifs is 1. The Bertz CT molecular complexity index is 822. The maximum absolute atomic E-state index is 12.1. The van der Waals surface area contributed by atoms with Crippen molar-refractivity contribution in [1.29, 1.82) is 0 Å². The number of methoxy groups -OCH3 is 1. The zero-order valence-corrected chi connectivity index (χ0v) is 11.7. The molecule has 0 saturated heterocycles. The average molecular weight is 315 g/mol. The first-order valence-corrected chi connectivity index (χ1v) is 7.29. The highest BCUT2D eigenvalue weighted by Crippen LogP contribution is 2.15. The molecule has 0 bridgehead atoms. The normalized spacial score (nSPS) is 13.2. The maximum Gasteiger partial charge on any atom is 0.326 e. The minimum atomic E-state index is -4.06. The molecule has 0 amide bonds. The first-order valence-electron chi connectivity index (χ1n) is 5.80. The van der Waals surface area contributed by atoms with Gasteiger partial charge in [0.15, 0.2) is 0 Å². The van der Waals surface area contributed by atoms with E-state index in [0.717, 1.165) is 7.11 Å². The number of hydrogen-bond donors (Lipinski definition) is 4. The molecule has 0 saturated carbocycles. The van der Waals surface area contributed by atoms with Crippen LogP contribution in [0.3, 0.4) is 0 Å². The van der Waals surface area contributed by atoms with Gasteiger partial charge >= 0.3 is 11.7 Å². The second-order valence-electron chi connectivity index (χ2n) is 4.17. The lowest BCUT2D eigenvalue weighted by molar-refractivity contribution is -0.143. The lowest BCUT2D eigenvalue weighted by Crippen LogP contribution is -2.43. The number of nitrogens with one attached hydrogen (secondary N) is 3. The summed E-state index contributed by atoms with van der Waals surface area (Å²) in [5.74, 6) is -0.905. The second-order valence-corrected chi connectivity index (χ2v) is 5.88. The highest BCUT2D eigenvalue weighted by molar-refractivity contribution is 7.89. The number of esters is 1. The number of aromatic nitrogens is 2. The zero-order valence-electron chi connectivity index (χ0n) is 10.9. The molecule has 2 aromatic rings. The van der Waals surface area contributed by atoms with Crippen LogP contribution in [-0.2, 0) is 19.6 Å². The molecule has 2 rings (SSSR count). The van der Waals surface area contributed by atoms with Gasteiger partial charge in [-0.15, -0.1) is 0 Å². The van der Waals surface area contributed by atoms with Crippen LogP contribution in [0.1, 0.15) is 0 Å². The number of aliphatic hydroxyl groups excluding tert-OH is 1. The summed E-state index contributed by atoms with van der Waals surface area (Å²) in [6, 6.07) is 2.51. The fourth-order valence-corrected chi connectivity index (χ4v) is 2.94. The van der Waals surface area contributed by atoms with Crippen molar-refractivity contribution in [2.24, 2.45) is 0 Å². The van der Waals surface area contributed by atoms with Crippen LogP contribution in [0.4, 0.5) is 0 Å². The van der Waals surface area contributed by atoms with Crippen molar-refractivity contribution in [2.75, 3.05) is 13.7 Å². The fourth-order valence-electron chi connectivity index (χ4n) is 1.74. The molecule has 0 aliphatic rings. The Balaban J connectivity index is 2.36. The van der Waals surface area contributed by atoms with Gasteiger partial charge in [-0.1, -0.05) is 0 Å². The topological polar surface area (TPSA) is 141 Å². The zero-order chi connectivity index (χ0) is 15.6. The van der Waals surface area contributed by atoms with Crippen LogP contribution in [0.25, 0.3) is 11.0 Å². The molecular weight excluding hydrogens is 302 g/mol. The number of aliphatic hydroxyl groups is 1. The Morgan fingerprint density at radius 1 is 1.38 bits per heavy atom. The number of hydrogen-bond acceptors (Lipinski definition) is 6. The first-order chi connectivity index (χ1) is 9.87. The van der Waals surface area contributed by atoms with Crippen LogP contribution in [0.5, 0.6) is 0 Å². The van der Waals surface area contributed by atoms with Crippen LogP contribution in [-0.4, -0.2) is 49.2 Å². The fraction of sp³-hybridized carbons (Fsp3) is 0.273. The number of ether oxygens (including phenoxy) is 1. The molecule has 4 N–H and O–H groups in total. The number of H-pyrrole nitrogens is 2. The monoisotopic (exact) mass is 315 g/mol. The van der Waals surface area contributed by atoms with E-state index in [1.54, 1.807) is 0 Å². The summed E-state index contributed by atoms with van der Waals surface area (Å²) in [7, 11) is -2.98. The van der Waals surface area contributed by atoms with Gasteiger partial charge in [-0.2, -0.15) is 4.72 Å². The van der Waals surface area contributed by atoms with E-state index in [2.05, 4.69) is 14.7 Å². The maximum atomic E-state index is 12.1. The molecule has 1 atom stereocenters. The number of sulfonamides is 1. The number of benzene rings is 1. The first kappa shape index (κ1) is 15.2. The Labute approximate surface area is 119 Å². The molecule has 0 aliphatic heterocycles. The van der Waals surface area contributed by atoms with Crippen molar-refractivity contribution in [3.05, 3.63) is 28.7 Å². The largest absolute Gasteiger partial charge is 0.468 e. The molecule has 114 valence electrons. The van der Waals surface area contributed by atoms with Crippen molar-refractivity contribution >= 4 is 27.0 Å². The predicted molar refractivity (Wildman–Crippen MR) is 72.1 cm³/mol. The Hall–Kier alpha value is -2.17. The number of carbonyl (C=O) groups is 1. The van der Waals surface area contributed by atoms with Gasteiger partial charge in [-0.3, -0.25) is 4.79 Å². The van der Waals surface area contributed by atoms with Crippen LogP contribution >= 0.6 is 0 Å². The van der Waals surface area contributed by atoms with Crippen molar-refractivity contribution < 1.29 is 23.1 Å². The second kappa shape index (κ2) is 5.68. The van der Waals surface area contributed by atoms with Gasteiger partial charge in [0.05, 0.1) is 29.6 Å². The van der Waals surface area contributed by atoms with Crippen LogP contribution in [0.15, 0.2) is 27.9 Å². The SMILES string of the molecule is COC(=O)C(CO)NS(=O)(=O)c1ccc2[nH]c(=O)[nH]c2c1. The van der Waals surface area contributed by atoms with E-state index in [4.69, 9.17) is 5.11 Å². The Kier molecular flexibility index (Phi) is 4.11. The van der Waals surface area contributed by atoms with Gasteiger partial charge in [0.25, 0.3) is 0 Å². The molecule has 1 aromatic heterocycles. The van der Waals surface area contributed by atoms with Crippen LogP contribution in [0.2, 0.25) is 0 Å². The smallest absolute Gasteiger partial charge is 0.326 e. The molecule has 10 heteroatoms. The highest BCUT2D eigenvalue weighted by Gasteiger charge is 2.26. The summed E-state index contributed by atoms with van der Waals surface area (Å²) in [6.07, 6.45) is 0. The molecule has 1 unspecified atom stereocenters. The van der Waals surface area contributed by atoms with E-state index in [9.17, 15) is 18.0 Å². The third kappa shape index (κ3) is 3.12. The van der Waals surface area contributed by atoms with Crippen molar-refractivity contribution in [1.82, 2.24) is 14.7 Å². The molecule has 0 aliphatic carbocycles. The summed E-state index contributed by atoms with van der Waals surface area (Å²) < 4.78 is 30.7. The number of aromatic amines is 2. The molecule has 0 radical (unpaired) electrons. The molecule has 0 spiro atoms. The van der Waals surface area contributed by atoms with Gasteiger partial charge in [0, 0.05) is 0 Å². The van der Waals surface area contributed by atoms with E-state index < -0.39 is 34.3 Å². The summed E-state index contributed by atoms with van der Waals surface area (Å²) in [5, 5.41) is 9.03. The standard InChI is InChI=1S/C11H13N3O6S/c1-20-10(16)9(5-15)14-21(18,19)6-2-3-7-8(4-6)13-11(17)12-7/h2-4,9,14-15H,5H2,1H3,(H2,12,13,17). The van der Waals surface area contributed by atoms with Crippen molar-refractivity contribution in [2.45, 2.75) is 10.9 Å². The van der Waals surface area contributed by atoms with Crippen molar-refractivity contribution in [3.8, 4) is 0 Å². The molecule has 1 aromatic carbocycles. The minimum absolute atomic E-state index is 0.160. The van der Waals surface area contributed by atoms with E-state index in [1.807, 2.05) is 4.72 Å². The summed E-state index contributed by atoms with van der Waals surface area (Å²) in [5.41, 5.74) is 0.294. The lowest BCUT2D eigenvalue weighted by atomic mass is 10.3. The van der Waals surface area contributed by atoms with Gasteiger partial charge in [-0.25, -0.2) is 13.2 Å². The molecule has 1 heterocycles. The minimum Gasteiger partial charge on any atom is -0.468 e. The molecular formula is C11H13N3O6S. The molecule has 9 nitrogen and oxygen atoms in total. The highest BCUT2D eigenvalue weighted by atomic mass is 32.2. The Morgan fingerprint density at radius 3 is 2.67 bits per heavy atom. The van der Waals surface area contributed by atoms with E-state index in [1.165, 1.54) is 18.2 Å². The molecule has 0 fully saturated rings. The number of imidazole rings is 1. The number of rotatable bonds is 5. The third-order valence-electron chi connectivity index (χ3n) is 2.76. The average Bonchev–Trinajstić information content (AvgIpc) is 2.82. The van der Waals surface area contributed by atoms with Gasteiger partial charge in [0.2, 0.25) is 10.0 Å². The van der Waals surface area contributed by atoms with Gasteiger partial charge in [0.1, 0.15) is 6.04 Å². The quantitative estimate of drug-likeness (QED) is 0.504. The lowest BCUT2D eigenvalue weighted by Gasteiger charge is -2.14. The van der Waals surface area contributed by atoms with Gasteiger partial charge < -0.3 is 19.8 Å². The van der Waals surface area contributed by atoms with E-state index >= 15 is 0 Å². The van der Waals surface area contributed by atoms with Crippen molar-refractivity contribution in [3.63, 3.8) is 0 Å². The van der Waals surface area contributed by atoms with Crippen LogP contribution in [0, 0.1) is 0 Å². The van der Waals surface area contributed by atoms with E-state index in [-0.39, 0.29) is 4.90 Å².